The lowest BCUT2D eigenvalue weighted by Gasteiger charge is -2.23. The van der Waals surface area contributed by atoms with Crippen molar-refractivity contribution in [2.75, 3.05) is 6.54 Å². The van der Waals surface area contributed by atoms with Crippen LogP contribution in [0.3, 0.4) is 0 Å². The number of rotatable bonds is 5. The number of fused-ring (bicyclic) bond motifs is 1. The van der Waals surface area contributed by atoms with E-state index in [1.54, 1.807) is 0 Å². The quantitative estimate of drug-likeness (QED) is 0.910. The van der Waals surface area contributed by atoms with Crippen molar-refractivity contribution in [1.29, 1.82) is 0 Å². The standard InChI is InChI=1S/C15H22ClN3/c1-15(2,9-10-17)8-7-13-18-12-6-4-5-11(16)14(12)19(13)3/h4-6H,7-10,17H2,1-3H3. The van der Waals surface area contributed by atoms with E-state index in [0.717, 1.165) is 47.7 Å². The molecule has 0 saturated heterocycles. The highest BCUT2D eigenvalue weighted by atomic mass is 35.5. The molecule has 0 aliphatic carbocycles. The lowest BCUT2D eigenvalue weighted by atomic mass is 9.84. The Balaban J connectivity index is 2.22. The van der Waals surface area contributed by atoms with Gasteiger partial charge in [0.15, 0.2) is 0 Å². The number of aryl methyl sites for hydroxylation is 2. The van der Waals surface area contributed by atoms with Gasteiger partial charge in [-0.25, -0.2) is 4.98 Å². The first-order valence-corrected chi connectivity index (χ1v) is 7.12. The minimum Gasteiger partial charge on any atom is -0.330 e. The average Bonchev–Trinajstić information content (AvgIpc) is 2.65. The topological polar surface area (TPSA) is 43.8 Å². The second-order valence-corrected chi connectivity index (χ2v) is 6.30. The van der Waals surface area contributed by atoms with Crippen molar-refractivity contribution in [2.45, 2.75) is 33.1 Å². The smallest absolute Gasteiger partial charge is 0.109 e. The molecule has 2 aromatic rings. The maximum atomic E-state index is 6.24. The van der Waals surface area contributed by atoms with Gasteiger partial charge in [-0.2, -0.15) is 0 Å². The van der Waals surface area contributed by atoms with Gasteiger partial charge in [0.1, 0.15) is 5.82 Å². The Morgan fingerprint density at radius 2 is 2.05 bits per heavy atom. The van der Waals surface area contributed by atoms with Crippen LogP contribution in [0.15, 0.2) is 18.2 Å². The highest BCUT2D eigenvalue weighted by Gasteiger charge is 2.18. The van der Waals surface area contributed by atoms with Crippen molar-refractivity contribution in [3.8, 4) is 0 Å². The van der Waals surface area contributed by atoms with Crippen molar-refractivity contribution in [1.82, 2.24) is 9.55 Å². The summed E-state index contributed by atoms with van der Waals surface area (Å²) in [4.78, 5) is 4.68. The molecular weight excluding hydrogens is 258 g/mol. The summed E-state index contributed by atoms with van der Waals surface area (Å²) >= 11 is 6.24. The van der Waals surface area contributed by atoms with Gasteiger partial charge in [0, 0.05) is 13.5 Å². The van der Waals surface area contributed by atoms with Gasteiger partial charge in [-0.1, -0.05) is 31.5 Å². The van der Waals surface area contributed by atoms with Crippen LogP contribution in [0.1, 0.15) is 32.5 Å². The van der Waals surface area contributed by atoms with Gasteiger partial charge in [-0.15, -0.1) is 0 Å². The predicted octanol–water partition coefficient (Wildman–Crippen LogP) is 3.53. The molecule has 0 spiro atoms. The Morgan fingerprint density at radius 3 is 2.68 bits per heavy atom. The van der Waals surface area contributed by atoms with Crippen LogP contribution in [-0.4, -0.2) is 16.1 Å². The largest absolute Gasteiger partial charge is 0.330 e. The van der Waals surface area contributed by atoms with Gasteiger partial charge >= 0.3 is 0 Å². The molecule has 2 rings (SSSR count). The van der Waals surface area contributed by atoms with Crippen LogP contribution >= 0.6 is 11.6 Å². The molecule has 0 bridgehead atoms. The molecule has 0 atom stereocenters. The molecular formula is C15H22ClN3. The summed E-state index contributed by atoms with van der Waals surface area (Å²) in [5.41, 5.74) is 7.91. The first kappa shape index (κ1) is 14.4. The Hall–Kier alpha value is -1.06. The van der Waals surface area contributed by atoms with E-state index in [9.17, 15) is 0 Å². The van der Waals surface area contributed by atoms with Crippen molar-refractivity contribution in [3.63, 3.8) is 0 Å². The Bertz CT molecular complexity index is 572. The van der Waals surface area contributed by atoms with Crippen molar-refractivity contribution < 1.29 is 0 Å². The molecule has 0 unspecified atom stereocenters. The molecule has 0 aliphatic rings. The molecule has 3 nitrogen and oxygen atoms in total. The number of para-hydroxylation sites is 1. The van der Waals surface area contributed by atoms with Crippen molar-refractivity contribution in [2.24, 2.45) is 18.2 Å². The van der Waals surface area contributed by atoms with Crippen LogP contribution in [-0.2, 0) is 13.5 Å². The van der Waals surface area contributed by atoms with Gasteiger partial charge in [-0.05, 0) is 36.9 Å². The highest BCUT2D eigenvalue weighted by molar-refractivity contribution is 6.35. The molecule has 0 saturated carbocycles. The lowest BCUT2D eigenvalue weighted by Crippen LogP contribution is -2.18. The number of aromatic nitrogens is 2. The van der Waals surface area contributed by atoms with E-state index in [0.29, 0.717) is 0 Å². The summed E-state index contributed by atoms with van der Waals surface area (Å²) in [5, 5.41) is 0.764. The van der Waals surface area contributed by atoms with Crippen molar-refractivity contribution in [3.05, 3.63) is 29.0 Å². The van der Waals surface area contributed by atoms with E-state index < -0.39 is 0 Å². The summed E-state index contributed by atoms with van der Waals surface area (Å²) in [6.07, 6.45) is 3.07. The molecule has 19 heavy (non-hydrogen) atoms. The number of hydrogen-bond acceptors (Lipinski definition) is 2. The van der Waals surface area contributed by atoms with Gasteiger partial charge < -0.3 is 10.3 Å². The second-order valence-electron chi connectivity index (χ2n) is 5.90. The fourth-order valence-corrected chi connectivity index (χ4v) is 2.76. The molecule has 0 aliphatic heterocycles. The highest BCUT2D eigenvalue weighted by Crippen LogP contribution is 2.28. The van der Waals surface area contributed by atoms with Crippen LogP contribution < -0.4 is 5.73 Å². The summed E-state index contributed by atoms with van der Waals surface area (Å²) < 4.78 is 2.11. The van der Waals surface area contributed by atoms with Crippen LogP contribution in [0.5, 0.6) is 0 Å². The molecule has 1 heterocycles. The number of imidazole rings is 1. The maximum absolute atomic E-state index is 6.24. The van der Waals surface area contributed by atoms with Crippen LogP contribution in [0.4, 0.5) is 0 Å². The van der Waals surface area contributed by atoms with Crippen LogP contribution in [0.25, 0.3) is 11.0 Å². The SMILES string of the molecule is Cn1c(CCC(C)(C)CCN)nc2cccc(Cl)c21. The molecule has 2 N–H and O–H groups in total. The normalized spacial score (nSPS) is 12.3. The summed E-state index contributed by atoms with van der Waals surface area (Å²) in [5.74, 6) is 1.09. The zero-order chi connectivity index (χ0) is 14.0. The van der Waals surface area contributed by atoms with E-state index >= 15 is 0 Å². The third-order valence-corrected chi connectivity index (χ3v) is 4.09. The molecule has 4 heteroatoms. The first-order chi connectivity index (χ1) is 8.94. The molecule has 1 aromatic heterocycles. The number of nitrogens with zero attached hydrogens (tertiary/aromatic N) is 2. The minimum atomic E-state index is 0.261. The first-order valence-electron chi connectivity index (χ1n) is 6.74. The fraction of sp³-hybridized carbons (Fsp3) is 0.533. The lowest BCUT2D eigenvalue weighted by molar-refractivity contribution is 0.310. The van der Waals surface area contributed by atoms with Crippen LogP contribution in [0.2, 0.25) is 5.02 Å². The number of halogens is 1. The van der Waals surface area contributed by atoms with E-state index in [1.165, 1.54) is 0 Å². The van der Waals surface area contributed by atoms with Gasteiger partial charge in [0.05, 0.1) is 16.1 Å². The predicted molar refractivity (Wildman–Crippen MR) is 81.5 cm³/mol. The summed E-state index contributed by atoms with van der Waals surface area (Å²) in [7, 11) is 2.03. The second kappa shape index (κ2) is 5.51. The number of hydrogen-bond donors (Lipinski definition) is 1. The Morgan fingerprint density at radius 1 is 1.32 bits per heavy atom. The Labute approximate surface area is 119 Å². The van der Waals surface area contributed by atoms with E-state index in [1.807, 2.05) is 25.2 Å². The Kier molecular flexibility index (Phi) is 4.16. The fourth-order valence-electron chi connectivity index (χ4n) is 2.46. The van der Waals surface area contributed by atoms with E-state index in [-0.39, 0.29) is 5.41 Å². The molecule has 0 radical (unpaired) electrons. The minimum absolute atomic E-state index is 0.261. The zero-order valence-electron chi connectivity index (χ0n) is 11.9. The van der Waals surface area contributed by atoms with E-state index in [4.69, 9.17) is 17.3 Å². The summed E-state index contributed by atoms with van der Waals surface area (Å²) in [6, 6.07) is 5.86. The zero-order valence-corrected chi connectivity index (χ0v) is 12.7. The van der Waals surface area contributed by atoms with Gasteiger partial charge in [0.2, 0.25) is 0 Å². The van der Waals surface area contributed by atoms with Crippen molar-refractivity contribution >= 4 is 22.6 Å². The molecule has 0 fully saturated rings. The third-order valence-electron chi connectivity index (χ3n) is 3.78. The maximum Gasteiger partial charge on any atom is 0.109 e. The van der Waals surface area contributed by atoms with Crippen LogP contribution in [0, 0.1) is 5.41 Å². The average molecular weight is 280 g/mol. The molecule has 0 amide bonds. The third kappa shape index (κ3) is 3.10. The number of nitrogens with two attached hydrogens (primary N) is 1. The van der Waals surface area contributed by atoms with Gasteiger partial charge in [0.25, 0.3) is 0 Å². The summed E-state index contributed by atoms with van der Waals surface area (Å²) in [6.45, 7) is 5.26. The number of benzene rings is 1. The molecule has 104 valence electrons. The van der Waals surface area contributed by atoms with Gasteiger partial charge in [-0.3, -0.25) is 0 Å². The van der Waals surface area contributed by atoms with E-state index in [2.05, 4.69) is 23.4 Å². The molecule has 1 aromatic carbocycles. The monoisotopic (exact) mass is 279 g/mol.